The molecule has 0 spiro atoms. The molecule has 0 fully saturated rings. The highest BCUT2D eigenvalue weighted by Crippen LogP contribution is 2.34. The number of anilines is 1. The fourth-order valence-electron chi connectivity index (χ4n) is 1.31. The van der Waals surface area contributed by atoms with Crippen LogP contribution < -0.4 is 4.90 Å². The first-order valence-electron chi connectivity index (χ1n) is 4.81. The Morgan fingerprint density at radius 3 is 2.61 bits per heavy atom. The molecule has 0 atom stereocenters. The van der Waals surface area contributed by atoms with Gasteiger partial charge < -0.3 is 10.0 Å². The summed E-state index contributed by atoms with van der Waals surface area (Å²) in [6.45, 7) is -0.362. The molecule has 1 aromatic rings. The molecule has 0 unspecified atom stereocenters. The molecule has 100 valence electrons. The van der Waals surface area contributed by atoms with Crippen molar-refractivity contribution < 1.29 is 23.2 Å². The molecule has 6 nitrogen and oxygen atoms in total. The van der Waals surface area contributed by atoms with Crippen LogP contribution >= 0.6 is 0 Å². The van der Waals surface area contributed by atoms with Gasteiger partial charge in [0.05, 0.1) is 11.5 Å². The van der Waals surface area contributed by atoms with Crippen molar-refractivity contribution in [2.45, 2.75) is 6.18 Å². The standard InChI is InChI=1S/C9H10F3N3O3/c1-14(2-3-16)6-4-8(9(10,11)12)13-5-7(6)15(17)18/h4-5,16H,2-3H2,1H3. The fourth-order valence-corrected chi connectivity index (χ4v) is 1.31. The lowest BCUT2D eigenvalue weighted by Crippen LogP contribution is -2.23. The second kappa shape index (κ2) is 5.17. The Morgan fingerprint density at radius 1 is 1.56 bits per heavy atom. The van der Waals surface area contributed by atoms with Gasteiger partial charge in [-0.25, -0.2) is 4.98 Å². The molecule has 0 amide bonds. The molecule has 18 heavy (non-hydrogen) atoms. The van der Waals surface area contributed by atoms with E-state index in [1.807, 2.05) is 0 Å². The number of aromatic nitrogens is 1. The molecular weight excluding hydrogens is 255 g/mol. The predicted octanol–water partition coefficient (Wildman–Crippen LogP) is 1.44. The van der Waals surface area contributed by atoms with Crippen LogP contribution in [-0.2, 0) is 6.18 Å². The summed E-state index contributed by atoms with van der Waals surface area (Å²) in [6.07, 6.45) is -4.12. The topological polar surface area (TPSA) is 79.5 Å². The van der Waals surface area contributed by atoms with Gasteiger partial charge in [0, 0.05) is 13.6 Å². The second-order valence-corrected chi connectivity index (χ2v) is 3.46. The largest absolute Gasteiger partial charge is 0.433 e. The van der Waals surface area contributed by atoms with Gasteiger partial charge in [0.2, 0.25) is 0 Å². The van der Waals surface area contributed by atoms with Crippen LogP contribution in [-0.4, -0.2) is 35.2 Å². The Bertz CT molecular complexity index is 450. The van der Waals surface area contributed by atoms with Gasteiger partial charge in [0.25, 0.3) is 0 Å². The molecule has 9 heteroatoms. The number of aliphatic hydroxyl groups excluding tert-OH is 1. The molecule has 0 radical (unpaired) electrons. The van der Waals surface area contributed by atoms with Crippen LogP contribution in [0.1, 0.15) is 5.69 Å². The van der Waals surface area contributed by atoms with E-state index in [0.717, 1.165) is 4.90 Å². The van der Waals surface area contributed by atoms with Gasteiger partial charge in [0.1, 0.15) is 17.6 Å². The van der Waals surface area contributed by atoms with Crippen molar-refractivity contribution >= 4 is 11.4 Å². The normalized spacial score (nSPS) is 11.4. The molecule has 1 aromatic heterocycles. The van der Waals surface area contributed by atoms with Gasteiger partial charge >= 0.3 is 11.9 Å². The van der Waals surface area contributed by atoms with Gasteiger partial charge in [-0.3, -0.25) is 10.1 Å². The van der Waals surface area contributed by atoms with Crippen molar-refractivity contribution in [2.24, 2.45) is 0 Å². The monoisotopic (exact) mass is 265 g/mol. The maximum Gasteiger partial charge on any atom is 0.433 e. The third kappa shape index (κ3) is 3.06. The summed E-state index contributed by atoms with van der Waals surface area (Å²) in [4.78, 5) is 14.0. The van der Waals surface area contributed by atoms with Crippen LogP contribution in [0, 0.1) is 10.1 Å². The Balaban J connectivity index is 3.28. The Morgan fingerprint density at radius 2 is 2.17 bits per heavy atom. The van der Waals surface area contributed by atoms with Crippen LogP contribution in [0.2, 0.25) is 0 Å². The zero-order chi connectivity index (χ0) is 13.9. The molecular formula is C9H10F3N3O3. The molecule has 0 aromatic carbocycles. The average molecular weight is 265 g/mol. The van der Waals surface area contributed by atoms with E-state index in [4.69, 9.17) is 5.11 Å². The Hall–Kier alpha value is -1.90. The van der Waals surface area contributed by atoms with E-state index in [-0.39, 0.29) is 18.8 Å². The number of alkyl halides is 3. The first kappa shape index (κ1) is 14.2. The van der Waals surface area contributed by atoms with Crippen molar-refractivity contribution in [3.05, 3.63) is 28.1 Å². The Labute approximate surface area is 99.8 Å². The number of aliphatic hydroxyl groups is 1. The molecule has 0 saturated heterocycles. The molecule has 1 N–H and O–H groups in total. The summed E-state index contributed by atoms with van der Waals surface area (Å²) >= 11 is 0. The molecule has 1 rings (SSSR count). The van der Waals surface area contributed by atoms with Crippen LogP contribution in [0.25, 0.3) is 0 Å². The number of nitro groups is 1. The number of nitrogens with zero attached hydrogens (tertiary/aromatic N) is 3. The SMILES string of the molecule is CN(CCO)c1cc(C(F)(F)F)ncc1[N+](=O)[O-]. The molecule has 0 saturated carbocycles. The zero-order valence-corrected chi connectivity index (χ0v) is 9.31. The molecule has 0 aliphatic rings. The summed E-state index contributed by atoms with van der Waals surface area (Å²) in [5.41, 5.74) is -2.00. The number of rotatable bonds is 4. The number of pyridine rings is 1. The van der Waals surface area contributed by atoms with Crippen molar-refractivity contribution in [3.8, 4) is 0 Å². The van der Waals surface area contributed by atoms with E-state index < -0.39 is 22.5 Å². The number of halogens is 3. The lowest BCUT2D eigenvalue weighted by atomic mass is 10.2. The zero-order valence-electron chi connectivity index (χ0n) is 9.31. The van der Waals surface area contributed by atoms with Crippen LogP contribution in [0.3, 0.4) is 0 Å². The fraction of sp³-hybridized carbons (Fsp3) is 0.444. The summed E-state index contributed by atoms with van der Waals surface area (Å²) in [6, 6.07) is 0.591. The second-order valence-electron chi connectivity index (χ2n) is 3.46. The smallest absolute Gasteiger partial charge is 0.395 e. The van der Waals surface area contributed by atoms with Crippen molar-refractivity contribution in [2.75, 3.05) is 25.1 Å². The summed E-state index contributed by atoms with van der Waals surface area (Å²) in [7, 11) is 1.35. The third-order valence-electron chi connectivity index (χ3n) is 2.20. The summed E-state index contributed by atoms with van der Waals surface area (Å²) < 4.78 is 37.3. The van der Waals surface area contributed by atoms with Gasteiger partial charge in [-0.2, -0.15) is 13.2 Å². The van der Waals surface area contributed by atoms with E-state index in [1.165, 1.54) is 7.05 Å². The summed E-state index contributed by atoms with van der Waals surface area (Å²) in [5, 5.41) is 19.4. The molecule has 1 heterocycles. The Kier molecular flexibility index (Phi) is 4.07. The average Bonchev–Trinajstić information content (AvgIpc) is 2.27. The highest BCUT2D eigenvalue weighted by molar-refractivity contribution is 5.62. The highest BCUT2D eigenvalue weighted by atomic mass is 19.4. The molecule has 0 bridgehead atoms. The van der Waals surface area contributed by atoms with Crippen LogP contribution in [0.4, 0.5) is 24.5 Å². The van der Waals surface area contributed by atoms with Crippen molar-refractivity contribution in [1.29, 1.82) is 0 Å². The predicted molar refractivity (Wildman–Crippen MR) is 56.2 cm³/mol. The minimum atomic E-state index is -4.68. The first-order chi connectivity index (χ1) is 8.27. The van der Waals surface area contributed by atoms with E-state index >= 15 is 0 Å². The number of hydrogen-bond donors (Lipinski definition) is 1. The maximum absolute atomic E-state index is 12.4. The van der Waals surface area contributed by atoms with Crippen molar-refractivity contribution in [3.63, 3.8) is 0 Å². The first-order valence-corrected chi connectivity index (χ1v) is 4.81. The number of likely N-dealkylation sites (N-methyl/N-ethyl adjacent to an activating group) is 1. The van der Waals surface area contributed by atoms with Gasteiger partial charge in [-0.1, -0.05) is 0 Å². The maximum atomic E-state index is 12.4. The minimum Gasteiger partial charge on any atom is -0.395 e. The van der Waals surface area contributed by atoms with Crippen LogP contribution in [0.5, 0.6) is 0 Å². The van der Waals surface area contributed by atoms with Gasteiger partial charge in [-0.15, -0.1) is 0 Å². The third-order valence-corrected chi connectivity index (χ3v) is 2.20. The van der Waals surface area contributed by atoms with E-state index in [1.54, 1.807) is 0 Å². The van der Waals surface area contributed by atoms with E-state index in [2.05, 4.69) is 4.98 Å². The highest BCUT2D eigenvalue weighted by Gasteiger charge is 2.34. The minimum absolute atomic E-state index is 0.0256. The summed E-state index contributed by atoms with van der Waals surface area (Å²) in [5.74, 6) is 0. The lowest BCUT2D eigenvalue weighted by molar-refractivity contribution is -0.384. The van der Waals surface area contributed by atoms with Crippen LogP contribution in [0.15, 0.2) is 12.3 Å². The lowest BCUT2D eigenvalue weighted by Gasteiger charge is -2.18. The van der Waals surface area contributed by atoms with Crippen molar-refractivity contribution in [1.82, 2.24) is 4.98 Å². The van der Waals surface area contributed by atoms with E-state index in [0.29, 0.717) is 12.3 Å². The van der Waals surface area contributed by atoms with Gasteiger partial charge in [-0.05, 0) is 6.07 Å². The molecule has 0 aliphatic carbocycles. The van der Waals surface area contributed by atoms with Gasteiger partial charge in [0.15, 0.2) is 0 Å². The molecule has 0 aliphatic heterocycles. The quantitative estimate of drug-likeness (QED) is 0.658. The number of hydrogen-bond acceptors (Lipinski definition) is 5. The van der Waals surface area contributed by atoms with E-state index in [9.17, 15) is 23.3 Å².